The standard InChI is InChI=1S/C18H26F2N2O2S/c1-17(2)14(11-22-15-5-3-4-10-18(15,19)20)16(17)12-6-8-13(9-7-12)25(21,23)24/h6-9,14-16,22H,3-5,10-11H2,1-2H3,(H2,21,23,24). The highest BCUT2D eigenvalue weighted by Gasteiger charge is 2.58. The van der Waals surface area contributed by atoms with Crippen LogP contribution in [0.5, 0.6) is 0 Å². The second-order valence-electron chi connectivity index (χ2n) is 7.99. The van der Waals surface area contributed by atoms with E-state index < -0.39 is 22.0 Å². The van der Waals surface area contributed by atoms with Crippen molar-refractivity contribution in [2.75, 3.05) is 6.54 Å². The molecule has 2 saturated carbocycles. The van der Waals surface area contributed by atoms with E-state index in [1.165, 1.54) is 12.1 Å². The number of alkyl halides is 2. The fourth-order valence-corrected chi connectivity index (χ4v) is 4.78. The van der Waals surface area contributed by atoms with Crippen LogP contribution >= 0.6 is 0 Å². The van der Waals surface area contributed by atoms with Crippen LogP contribution in [0.15, 0.2) is 29.2 Å². The van der Waals surface area contributed by atoms with Gasteiger partial charge in [-0.3, -0.25) is 0 Å². The first-order chi connectivity index (χ1) is 11.5. The zero-order chi connectivity index (χ0) is 18.5. The Morgan fingerprint density at radius 1 is 1.20 bits per heavy atom. The van der Waals surface area contributed by atoms with Crippen LogP contribution in [0.2, 0.25) is 0 Å². The maximum atomic E-state index is 14.0. The molecule has 0 bridgehead atoms. The summed E-state index contributed by atoms with van der Waals surface area (Å²) >= 11 is 0. The van der Waals surface area contributed by atoms with Crippen LogP contribution in [0.3, 0.4) is 0 Å². The predicted molar refractivity (Wildman–Crippen MR) is 93.0 cm³/mol. The van der Waals surface area contributed by atoms with Crippen LogP contribution < -0.4 is 10.5 Å². The molecular formula is C18H26F2N2O2S. The van der Waals surface area contributed by atoms with E-state index in [-0.39, 0.29) is 28.6 Å². The number of nitrogens with one attached hydrogen (secondary N) is 1. The molecule has 4 nitrogen and oxygen atoms in total. The third-order valence-electron chi connectivity index (χ3n) is 5.97. The van der Waals surface area contributed by atoms with E-state index in [9.17, 15) is 17.2 Å². The average Bonchev–Trinajstić information content (AvgIpc) is 3.06. The molecule has 0 radical (unpaired) electrons. The van der Waals surface area contributed by atoms with E-state index in [0.29, 0.717) is 19.4 Å². The number of rotatable bonds is 5. The van der Waals surface area contributed by atoms with Gasteiger partial charge in [-0.2, -0.15) is 0 Å². The van der Waals surface area contributed by atoms with Crippen LogP contribution in [-0.4, -0.2) is 26.9 Å². The SMILES string of the molecule is CC1(C)C(CNC2CCCCC2(F)F)C1c1ccc(S(N)(=O)=O)cc1. The maximum Gasteiger partial charge on any atom is 0.263 e. The molecule has 2 aliphatic carbocycles. The first kappa shape index (κ1) is 18.7. The fourth-order valence-electron chi connectivity index (χ4n) is 4.27. The van der Waals surface area contributed by atoms with Gasteiger partial charge in [-0.25, -0.2) is 22.3 Å². The number of hydrogen-bond donors (Lipinski definition) is 2. The minimum atomic E-state index is -3.70. The fraction of sp³-hybridized carbons (Fsp3) is 0.667. The molecule has 3 atom stereocenters. The highest BCUT2D eigenvalue weighted by molar-refractivity contribution is 7.89. The first-order valence-corrected chi connectivity index (χ1v) is 10.3. The molecule has 3 N–H and O–H groups in total. The summed E-state index contributed by atoms with van der Waals surface area (Å²) in [5.74, 6) is -2.14. The van der Waals surface area contributed by atoms with Crippen molar-refractivity contribution in [3.8, 4) is 0 Å². The summed E-state index contributed by atoms with van der Waals surface area (Å²) in [5.41, 5.74) is 1.03. The van der Waals surface area contributed by atoms with Crippen LogP contribution in [0, 0.1) is 11.3 Å². The second-order valence-corrected chi connectivity index (χ2v) is 9.55. The van der Waals surface area contributed by atoms with Crippen LogP contribution in [0.4, 0.5) is 8.78 Å². The molecule has 0 spiro atoms. The van der Waals surface area contributed by atoms with Gasteiger partial charge in [0.1, 0.15) is 0 Å². The third-order valence-corrected chi connectivity index (χ3v) is 6.89. The molecule has 3 rings (SSSR count). The van der Waals surface area contributed by atoms with E-state index in [4.69, 9.17) is 5.14 Å². The molecule has 0 aliphatic heterocycles. The lowest BCUT2D eigenvalue weighted by Crippen LogP contribution is -2.47. The van der Waals surface area contributed by atoms with Crippen molar-refractivity contribution >= 4 is 10.0 Å². The Hall–Kier alpha value is -1.05. The van der Waals surface area contributed by atoms with Crippen molar-refractivity contribution in [1.29, 1.82) is 0 Å². The highest BCUT2D eigenvalue weighted by Crippen LogP contribution is 2.64. The number of nitrogens with two attached hydrogens (primary N) is 1. The van der Waals surface area contributed by atoms with E-state index >= 15 is 0 Å². The number of primary sulfonamides is 1. The van der Waals surface area contributed by atoms with Gasteiger partial charge in [0.25, 0.3) is 5.92 Å². The van der Waals surface area contributed by atoms with Crippen molar-refractivity contribution in [2.24, 2.45) is 16.5 Å². The Morgan fingerprint density at radius 3 is 2.40 bits per heavy atom. The Kier molecular flexibility index (Phi) is 4.71. The molecule has 7 heteroatoms. The Bertz CT molecular complexity index is 732. The van der Waals surface area contributed by atoms with Gasteiger partial charge >= 0.3 is 0 Å². The minimum Gasteiger partial charge on any atom is -0.308 e. The topological polar surface area (TPSA) is 72.2 Å². The smallest absolute Gasteiger partial charge is 0.263 e. The first-order valence-electron chi connectivity index (χ1n) is 8.77. The van der Waals surface area contributed by atoms with Crippen molar-refractivity contribution in [1.82, 2.24) is 5.32 Å². The lowest BCUT2D eigenvalue weighted by Gasteiger charge is -2.32. The molecule has 2 aliphatic rings. The maximum absolute atomic E-state index is 14.0. The van der Waals surface area contributed by atoms with Gasteiger partial charge in [-0.15, -0.1) is 0 Å². The largest absolute Gasteiger partial charge is 0.308 e. The second kappa shape index (κ2) is 6.28. The molecule has 0 amide bonds. The highest BCUT2D eigenvalue weighted by atomic mass is 32.2. The predicted octanol–water partition coefficient (Wildman–Crippen LogP) is 3.24. The Balaban J connectivity index is 1.66. The summed E-state index contributed by atoms with van der Waals surface area (Å²) in [6.07, 6.45) is 1.93. The van der Waals surface area contributed by atoms with Gasteiger partial charge in [-0.1, -0.05) is 32.4 Å². The zero-order valence-electron chi connectivity index (χ0n) is 14.6. The van der Waals surface area contributed by atoms with E-state index in [1.54, 1.807) is 12.1 Å². The van der Waals surface area contributed by atoms with E-state index in [1.807, 2.05) is 0 Å². The van der Waals surface area contributed by atoms with Gasteiger partial charge in [0, 0.05) is 6.42 Å². The van der Waals surface area contributed by atoms with Crippen molar-refractivity contribution < 1.29 is 17.2 Å². The molecule has 3 unspecified atom stereocenters. The Morgan fingerprint density at radius 2 is 1.84 bits per heavy atom. The number of hydrogen-bond acceptors (Lipinski definition) is 3. The number of benzene rings is 1. The summed E-state index contributed by atoms with van der Waals surface area (Å²) in [5, 5.41) is 8.22. The molecule has 140 valence electrons. The average molecular weight is 372 g/mol. The van der Waals surface area contributed by atoms with Crippen molar-refractivity contribution in [3.05, 3.63) is 29.8 Å². The molecule has 1 aromatic rings. The molecule has 0 heterocycles. The molecule has 25 heavy (non-hydrogen) atoms. The number of halogens is 2. The molecule has 0 saturated heterocycles. The summed E-state index contributed by atoms with van der Waals surface area (Å²) in [7, 11) is -3.70. The van der Waals surface area contributed by atoms with Crippen LogP contribution in [0.25, 0.3) is 0 Å². The normalized spacial score (nSPS) is 30.8. The summed E-state index contributed by atoms with van der Waals surface area (Å²) in [6, 6.07) is 5.85. The quantitative estimate of drug-likeness (QED) is 0.833. The lowest BCUT2D eigenvalue weighted by atomic mass is 9.91. The molecule has 1 aromatic carbocycles. The molecular weight excluding hydrogens is 346 g/mol. The summed E-state index contributed by atoms with van der Waals surface area (Å²) < 4.78 is 50.7. The van der Waals surface area contributed by atoms with Gasteiger partial charge in [-0.05, 0) is 54.3 Å². The summed E-state index contributed by atoms with van der Waals surface area (Å²) in [6.45, 7) is 4.79. The van der Waals surface area contributed by atoms with Crippen molar-refractivity contribution in [2.45, 2.75) is 62.3 Å². The van der Waals surface area contributed by atoms with Gasteiger partial charge in [0.05, 0.1) is 10.9 Å². The monoisotopic (exact) mass is 372 g/mol. The van der Waals surface area contributed by atoms with Gasteiger partial charge < -0.3 is 5.32 Å². The van der Waals surface area contributed by atoms with Crippen LogP contribution in [-0.2, 0) is 10.0 Å². The van der Waals surface area contributed by atoms with E-state index in [0.717, 1.165) is 12.0 Å². The Labute approximate surface area is 148 Å². The summed E-state index contributed by atoms with van der Waals surface area (Å²) in [4.78, 5) is 0.0891. The molecule has 0 aromatic heterocycles. The van der Waals surface area contributed by atoms with Crippen molar-refractivity contribution in [3.63, 3.8) is 0 Å². The minimum absolute atomic E-state index is 0.0000583. The number of sulfonamides is 1. The zero-order valence-corrected chi connectivity index (χ0v) is 15.5. The third kappa shape index (κ3) is 3.73. The van der Waals surface area contributed by atoms with Gasteiger partial charge in [0.15, 0.2) is 0 Å². The molecule has 2 fully saturated rings. The lowest BCUT2D eigenvalue weighted by molar-refractivity contribution is -0.0638. The van der Waals surface area contributed by atoms with Crippen LogP contribution in [0.1, 0.15) is 51.0 Å². The van der Waals surface area contributed by atoms with E-state index in [2.05, 4.69) is 19.2 Å². The van der Waals surface area contributed by atoms with Gasteiger partial charge in [0.2, 0.25) is 10.0 Å².